The molecule has 1 heterocycles. The average molecular weight is 393 g/mol. The van der Waals surface area contributed by atoms with Crippen LogP contribution >= 0.6 is 0 Å². The number of allylic oxidation sites excluding steroid dienone is 1. The van der Waals surface area contributed by atoms with Crippen molar-refractivity contribution in [2.45, 2.75) is 0 Å². The van der Waals surface area contributed by atoms with Gasteiger partial charge >= 0.3 is 5.69 Å². The lowest BCUT2D eigenvalue weighted by molar-refractivity contribution is -0.385. The lowest BCUT2D eigenvalue weighted by atomic mass is 10.1. The number of halogens is 1. The van der Waals surface area contributed by atoms with Gasteiger partial charge in [0, 0.05) is 18.0 Å². The van der Waals surface area contributed by atoms with Gasteiger partial charge in [-0.25, -0.2) is 9.37 Å². The SMILES string of the molecule is COc1ccc(/C=C/C(=O)c2cccnc2Nc2ccc(F)cc2)cc1[N+](=O)[O-]. The topological polar surface area (TPSA) is 94.4 Å². The zero-order valence-electron chi connectivity index (χ0n) is 15.3. The second kappa shape index (κ2) is 8.75. The minimum Gasteiger partial charge on any atom is -0.490 e. The number of anilines is 2. The predicted molar refractivity (Wildman–Crippen MR) is 107 cm³/mol. The monoisotopic (exact) mass is 393 g/mol. The van der Waals surface area contributed by atoms with Crippen molar-refractivity contribution < 1.29 is 18.8 Å². The number of rotatable bonds is 7. The van der Waals surface area contributed by atoms with E-state index in [2.05, 4.69) is 10.3 Å². The fourth-order valence-corrected chi connectivity index (χ4v) is 2.59. The fraction of sp³-hybridized carbons (Fsp3) is 0.0476. The van der Waals surface area contributed by atoms with Crippen LogP contribution in [-0.2, 0) is 0 Å². The normalized spacial score (nSPS) is 10.7. The molecular weight excluding hydrogens is 377 g/mol. The first-order valence-electron chi connectivity index (χ1n) is 8.50. The smallest absolute Gasteiger partial charge is 0.311 e. The number of nitrogens with zero attached hydrogens (tertiary/aromatic N) is 2. The molecule has 3 rings (SSSR count). The standard InChI is InChI=1S/C21H16FN3O4/c1-29-20-11-5-14(13-18(20)25(27)28)4-10-19(26)17-3-2-12-23-21(17)24-16-8-6-15(22)7-9-16/h2-13H,1H3,(H,23,24)/b10-4+. The third kappa shape index (κ3) is 4.81. The van der Waals surface area contributed by atoms with Crippen molar-refractivity contribution >= 4 is 29.1 Å². The minimum absolute atomic E-state index is 0.136. The summed E-state index contributed by atoms with van der Waals surface area (Å²) in [6.45, 7) is 0. The number of carbonyl (C=O) groups is 1. The molecular formula is C21H16FN3O4. The van der Waals surface area contributed by atoms with E-state index in [1.165, 1.54) is 61.9 Å². The molecule has 146 valence electrons. The van der Waals surface area contributed by atoms with E-state index >= 15 is 0 Å². The molecule has 0 aliphatic rings. The maximum atomic E-state index is 13.1. The van der Waals surface area contributed by atoms with Gasteiger partial charge in [0.25, 0.3) is 0 Å². The molecule has 7 nitrogen and oxygen atoms in total. The Morgan fingerprint density at radius 2 is 1.97 bits per heavy atom. The summed E-state index contributed by atoms with van der Waals surface area (Å²) in [6.07, 6.45) is 4.31. The Morgan fingerprint density at radius 1 is 1.21 bits per heavy atom. The number of nitro groups is 1. The molecule has 0 amide bonds. The van der Waals surface area contributed by atoms with Gasteiger partial charge in [-0.2, -0.15) is 0 Å². The van der Waals surface area contributed by atoms with E-state index in [1.54, 1.807) is 18.2 Å². The highest BCUT2D eigenvalue weighted by Crippen LogP contribution is 2.28. The number of nitro benzene ring substituents is 1. The molecule has 3 aromatic rings. The highest BCUT2D eigenvalue weighted by Gasteiger charge is 2.15. The van der Waals surface area contributed by atoms with Crippen LogP contribution in [0.4, 0.5) is 21.6 Å². The van der Waals surface area contributed by atoms with E-state index in [0.29, 0.717) is 22.6 Å². The van der Waals surface area contributed by atoms with Crippen molar-refractivity contribution in [3.8, 4) is 5.75 Å². The number of carbonyl (C=O) groups excluding carboxylic acids is 1. The molecule has 0 unspecified atom stereocenters. The van der Waals surface area contributed by atoms with Crippen LogP contribution in [0.5, 0.6) is 5.75 Å². The number of aromatic nitrogens is 1. The second-order valence-corrected chi connectivity index (χ2v) is 5.92. The number of pyridine rings is 1. The van der Waals surface area contributed by atoms with Crippen molar-refractivity contribution in [3.05, 3.63) is 93.9 Å². The predicted octanol–water partition coefficient (Wildman–Crippen LogP) is 4.78. The Bertz CT molecular complexity index is 1080. The van der Waals surface area contributed by atoms with Gasteiger partial charge in [-0.1, -0.05) is 12.1 Å². The first kappa shape index (κ1) is 19.7. The van der Waals surface area contributed by atoms with Crippen molar-refractivity contribution in [1.29, 1.82) is 0 Å². The molecule has 0 radical (unpaired) electrons. The largest absolute Gasteiger partial charge is 0.490 e. The third-order valence-electron chi connectivity index (χ3n) is 4.01. The second-order valence-electron chi connectivity index (χ2n) is 5.92. The average Bonchev–Trinajstić information content (AvgIpc) is 2.73. The zero-order chi connectivity index (χ0) is 20.8. The van der Waals surface area contributed by atoms with Gasteiger partial charge in [0.15, 0.2) is 11.5 Å². The molecule has 0 spiro atoms. The van der Waals surface area contributed by atoms with Crippen LogP contribution in [0.15, 0.2) is 66.9 Å². The number of nitrogens with one attached hydrogen (secondary N) is 1. The highest BCUT2D eigenvalue weighted by atomic mass is 19.1. The molecule has 0 saturated carbocycles. The summed E-state index contributed by atoms with van der Waals surface area (Å²) in [5, 5.41) is 14.1. The van der Waals surface area contributed by atoms with E-state index < -0.39 is 4.92 Å². The Balaban J connectivity index is 1.83. The Labute approximate surface area is 165 Å². The summed E-state index contributed by atoms with van der Waals surface area (Å²) in [5.41, 5.74) is 1.16. The van der Waals surface area contributed by atoms with Gasteiger partial charge in [0.05, 0.1) is 17.6 Å². The molecule has 0 aliphatic carbocycles. The molecule has 29 heavy (non-hydrogen) atoms. The Kier molecular flexibility index (Phi) is 5.94. The first-order chi connectivity index (χ1) is 14.0. The quantitative estimate of drug-likeness (QED) is 0.269. The van der Waals surface area contributed by atoms with Gasteiger partial charge in [-0.3, -0.25) is 14.9 Å². The van der Waals surface area contributed by atoms with Crippen molar-refractivity contribution in [3.63, 3.8) is 0 Å². The summed E-state index contributed by atoms with van der Waals surface area (Å²) in [7, 11) is 1.35. The number of methoxy groups -OCH3 is 1. The first-order valence-corrected chi connectivity index (χ1v) is 8.50. The number of ketones is 1. The summed E-state index contributed by atoms with van der Waals surface area (Å²) in [4.78, 5) is 27.4. The molecule has 0 bridgehead atoms. The Morgan fingerprint density at radius 3 is 2.66 bits per heavy atom. The van der Waals surface area contributed by atoms with Crippen LogP contribution in [0, 0.1) is 15.9 Å². The van der Waals surface area contributed by atoms with Gasteiger partial charge in [0.1, 0.15) is 11.6 Å². The maximum absolute atomic E-state index is 13.1. The number of ether oxygens (including phenoxy) is 1. The summed E-state index contributed by atoms with van der Waals surface area (Å²) in [6, 6.07) is 13.3. The molecule has 8 heteroatoms. The molecule has 1 aromatic heterocycles. The van der Waals surface area contributed by atoms with Crippen LogP contribution in [0.2, 0.25) is 0 Å². The van der Waals surface area contributed by atoms with Crippen LogP contribution < -0.4 is 10.1 Å². The number of benzene rings is 2. The van der Waals surface area contributed by atoms with Crippen molar-refractivity contribution in [2.24, 2.45) is 0 Å². The van der Waals surface area contributed by atoms with Gasteiger partial charge < -0.3 is 10.1 Å². The molecule has 0 atom stereocenters. The van der Waals surface area contributed by atoms with Crippen LogP contribution in [0.3, 0.4) is 0 Å². The number of hydrogen-bond acceptors (Lipinski definition) is 6. The van der Waals surface area contributed by atoms with E-state index in [0.717, 1.165) is 0 Å². The fourth-order valence-electron chi connectivity index (χ4n) is 2.59. The molecule has 2 aromatic carbocycles. The number of hydrogen-bond donors (Lipinski definition) is 1. The highest BCUT2D eigenvalue weighted by molar-refractivity contribution is 6.10. The van der Waals surface area contributed by atoms with E-state index in [9.17, 15) is 19.3 Å². The summed E-state index contributed by atoms with van der Waals surface area (Å²) in [5.74, 6) is -0.267. The van der Waals surface area contributed by atoms with Gasteiger partial charge in [0.2, 0.25) is 0 Å². The third-order valence-corrected chi connectivity index (χ3v) is 4.01. The maximum Gasteiger partial charge on any atom is 0.311 e. The molecule has 0 saturated heterocycles. The van der Waals surface area contributed by atoms with Crippen LogP contribution in [0.1, 0.15) is 15.9 Å². The van der Waals surface area contributed by atoms with Gasteiger partial charge in [-0.15, -0.1) is 0 Å². The van der Waals surface area contributed by atoms with Crippen molar-refractivity contribution in [2.75, 3.05) is 12.4 Å². The lowest BCUT2D eigenvalue weighted by Gasteiger charge is -2.09. The van der Waals surface area contributed by atoms with E-state index in [1.807, 2.05) is 0 Å². The van der Waals surface area contributed by atoms with Gasteiger partial charge in [-0.05, 0) is 54.1 Å². The Hall–Kier alpha value is -4.07. The van der Waals surface area contributed by atoms with Crippen LogP contribution in [0.25, 0.3) is 6.08 Å². The zero-order valence-corrected chi connectivity index (χ0v) is 15.3. The van der Waals surface area contributed by atoms with E-state index in [4.69, 9.17) is 4.74 Å². The van der Waals surface area contributed by atoms with Crippen LogP contribution in [-0.4, -0.2) is 22.8 Å². The van der Waals surface area contributed by atoms with E-state index in [-0.39, 0.29) is 23.0 Å². The summed E-state index contributed by atoms with van der Waals surface area (Å²) < 4.78 is 18.0. The molecule has 0 fully saturated rings. The van der Waals surface area contributed by atoms with Crippen molar-refractivity contribution in [1.82, 2.24) is 4.98 Å². The lowest BCUT2D eigenvalue weighted by Crippen LogP contribution is -2.03. The summed E-state index contributed by atoms with van der Waals surface area (Å²) >= 11 is 0. The molecule has 1 N–H and O–H groups in total. The molecule has 0 aliphatic heterocycles. The minimum atomic E-state index is -0.552.